The first kappa shape index (κ1) is 18.1. The molecule has 138 valence electrons. The van der Waals surface area contributed by atoms with Crippen molar-refractivity contribution in [2.75, 3.05) is 18.0 Å². The first-order valence-electron chi connectivity index (χ1n) is 8.89. The van der Waals surface area contributed by atoms with Crippen LogP contribution in [0.1, 0.15) is 36.8 Å². The second kappa shape index (κ2) is 7.68. The number of nitrogens with zero attached hydrogens (tertiary/aromatic N) is 2. The van der Waals surface area contributed by atoms with Gasteiger partial charge in [0.1, 0.15) is 11.8 Å². The smallest absolute Gasteiger partial charge is 0.249 e. The zero-order valence-corrected chi connectivity index (χ0v) is 14.9. The number of hydrogen-bond donors (Lipinski definition) is 1. The monoisotopic (exact) mass is 357 g/mol. The summed E-state index contributed by atoms with van der Waals surface area (Å²) < 4.78 is 0. The van der Waals surface area contributed by atoms with Crippen molar-refractivity contribution < 1.29 is 19.2 Å². The van der Waals surface area contributed by atoms with Crippen LogP contribution in [-0.4, -0.2) is 48.0 Å². The molecule has 1 aromatic rings. The summed E-state index contributed by atoms with van der Waals surface area (Å²) in [4.78, 5) is 49.8. The van der Waals surface area contributed by atoms with E-state index in [1.807, 2.05) is 19.1 Å². The van der Waals surface area contributed by atoms with Crippen molar-refractivity contribution in [2.45, 2.75) is 45.2 Å². The zero-order chi connectivity index (χ0) is 18.7. The average molecular weight is 357 g/mol. The molecule has 2 fully saturated rings. The second-order valence-corrected chi connectivity index (χ2v) is 6.88. The third kappa shape index (κ3) is 3.92. The molecule has 0 spiro atoms. The molecule has 2 heterocycles. The van der Waals surface area contributed by atoms with Crippen LogP contribution in [0.4, 0.5) is 5.69 Å². The van der Waals surface area contributed by atoms with Gasteiger partial charge in [-0.3, -0.25) is 24.5 Å². The van der Waals surface area contributed by atoms with Crippen LogP contribution < -0.4 is 10.2 Å². The van der Waals surface area contributed by atoms with Gasteiger partial charge in [-0.05, 0) is 36.6 Å². The van der Waals surface area contributed by atoms with Crippen LogP contribution in [0.3, 0.4) is 0 Å². The van der Waals surface area contributed by atoms with Gasteiger partial charge in [0, 0.05) is 44.6 Å². The number of nitrogens with one attached hydrogen (secondary N) is 1. The predicted octanol–water partition coefficient (Wildman–Crippen LogP) is 0.928. The van der Waals surface area contributed by atoms with E-state index in [0.29, 0.717) is 38.0 Å². The number of anilines is 1. The number of amides is 3. The van der Waals surface area contributed by atoms with E-state index in [-0.39, 0.29) is 12.3 Å². The van der Waals surface area contributed by atoms with Crippen LogP contribution in [0, 0.1) is 6.92 Å². The summed E-state index contributed by atoms with van der Waals surface area (Å²) in [6, 6.07) is 5.39. The molecule has 1 N–H and O–H groups in total. The number of ketones is 1. The molecule has 3 rings (SSSR count). The number of piperidine rings is 2. The second-order valence-electron chi connectivity index (χ2n) is 6.88. The van der Waals surface area contributed by atoms with Crippen molar-refractivity contribution >= 4 is 29.7 Å². The summed E-state index contributed by atoms with van der Waals surface area (Å²) in [7, 11) is 0. The van der Waals surface area contributed by atoms with Crippen molar-refractivity contribution in [2.24, 2.45) is 0 Å². The van der Waals surface area contributed by atoms with Gasteiger partial charge in [0.05, 0.1) is 0 Å². The molecule has 2 saturated heterocycles. The van der Waals surface area contributed by atoms with E-state index in [1.165, 1.54) is 4.90 Å². The van der Waals surface area contributed by atoms with Crippen molar-refractivity contribution in [3.8, 4) is 0 Å². The Kier molecular flexibility index (Phi) is 5.35. The lowest BCUT2D eigenvalue weighted by Gasteiger charge is -2.31. The van der Waals surface area contributed by atoms with Gasteiger partial charge in [0.25, 0.3) is 0 Å². The summed E-state index contributed by atoms with van der Waals surface area (Å²) >= 11 is 0. The first-order chi connectivity index (χ1) is 12.5. The summed E-state index contributed by atoms with van der Waals surface area (Å²) in [5.41, 5.74) is 3.05. The van der Waals surface area contributed by atoms with Crippen LogP contribution in [0.15, 0.2) is 18.2 Å². The lowest BCUT2D eigenvalue weighted by molar-refractivity contribution is -0.141. The molecule has 0 aliphatic carbocycles. The highest BCUT2D eigenvalue weighted by Crippen LogP contribution is 2.24. The van der Waals surface area contributed by atoms with Gasteiger partial charge < -0.3 is 9.80 Å². The molecular weight excluding hydrogens is 334 g/mol. The summed E-state index contributed by atoms with van der Waals surface area (Å²) in [6.07, 6.45) is 2.42. The fourth-order valence-corrected chi connectivity index (χ4v) is 3.48. The lowest BCUT2D eigenvalue weighted by Crippen LogP contribution is -2.51. The van der Waals surface area contributed by atoms with Crippen LogP contribution in [0.2, 0.25) is 0 Å². The molecule has 0 bridgehead atoms. The molecule has 26 heavy (non-hydrogen) atoms. The van der Waals surface area contributed by atoms with Gasteiger partial charge in [-0.15, -0.1) is 0 Å². The Bertz CT molecular complexity index is 736. The van der Waals surface area contributed by atoms with Gasteiger partial charge in [-0.25, -0.2) is 0 Å². The Morgan fingerprint density at radius 1 is 1.19 bits per heavy atom. The third-order valence-electron chi connectivity index (χ3n) is 5.11. The Morgan fingerprint density at radius 3 is 2.54 bits per heavy atom. The van der Waals surface area contributed by atoms with Crippen molar-refractivity contribution in [3.05, 3.63) is 29.3 Å². The normalized spacial score (nSPS) is 20.7. The SMILES string of the molecule is Cc1cc(N2CCC(=O)CC2)ccc1CN(C=O)C1CCC(=O)NC1=O. The predicted molar refractivity (Wildman–Crippen MR) is 95.4 cm³/mol. The minimum Gasteiger partial charge on any atom is -0.371 e. The topological polar surface area (TPSA) is 86.8 Å². The minimum atomic E-state index is -0.614. The molecule has 1 atom stereocenters. The summed E-state index contributed by atoms with van der Waals surface area (Å²) in [5.74, 6) is -0.404. The Balaban J connectivity index is 1.70. The molecule has 0 aromatic heterocycles. The quantitative estimate of drug-likeness (QED) is 0.626. The van der Waals surface area contributed by atoms with E-state index in [0.717, 1.165) is 29.9 Å². The number of benzene rings is 1. The van der Waals surface area contributed by atoms with Crippen LogP contribution in [0.25, 0.3) is 0 Å². The third-order valence-corrected chi connectivity index (χ3v) is 5.11. The van der Waals surface area contributed by atoms with Gasteiger partial charge in [-0.2, -0.15) is 0 Å². The van der Waals surface area contributed by atoms with E-state index in [1.54, 1.807) is 0 Å². The fourth-order valence-electron chi connectivity index (χ4n) is 3.48. The molecule has 7 heteroatoms. The van der Waals surface area contributed by atoms with Crippen LogP contribution >= 0.6 is 0 Å². The van der Waals surface area contributed by atoms with Crippen molar-refractivity contribution in [1.29, 1.82) is 0 Å². The Morgan fingerprint density at radius 2 is 1.92 bits per heavy atom. The molecule has 2 aliphatic rings. The van der Waals surface area contributed by atoms with Gasteiger partial charge in [0.2, 0.25) is 18.2 Å². The number of carbonyl (C=O) groups is 4. The zero-order valence-electron chi connectivity index (χ0n) is 14.9. The Hall–Kier alpha value is -2.70. The first-order valence-corrected chi connectivity index (χ1v) is 8.89. The minimum absolute atomic E-state index is 0.242. The highest BCUT2D eigenvalue weighted by Gasteiger charge is 2.31. The molecule has 3 amide bonds. The van der Waals surface area contributed by atoms with Crippen LogP contribution in [-0.2, 0) is 25.7 Å². The lowest BCUT2D eigenvalue weighted by atomic mass is 10.0. The van der Waals surface area contributed by atoms with Gasteiger partial charge in [-0.1, -0.05) is 6.07 Å². The number of aryl methyl sites for hydroxylation is 1. The maximum atomic E-state index is 12.0. The molecule has 2 aliphatic heterocycles. The molecular formula is C19H23N3O4. The maximum absolute atomic E-state index is 12.0. The van der Waals surface area contributed by atoms with Crippen molar-refractivity contribution in [1.82, 2.24) is 10.2 Å². The Labute approximate surface area is 152 Å². The summed E-state index contributed by atoms with van der Waals surface area (Å²) in [6.45, 7) is 3.75. The van der Waals surface area contributed by atoms with Gasteiger partial charge >= 0.3 is 0 Å². The molecule has 0 saturated carbocycles. The average Bonchev–Trinajstić information content (AvgIpc) is 2.62. The van der Waals surface area contributed by atoms with E-state index < -0.39 is 11.9 Å². The molecule has 0 radical (unpaired) electrons. The number of Topliss-reactive ketones (excluding diaryl/α,β-unsaturated/α-hetero) is 1. The highest BCUT2D eigenvalue weighted by molar-refractivity contribution is 6.00. The fraction of sp³-hybridized carbons (Fsp3) is 0.474. The maximum Gasteiger partial charge on any atom is 0.249 e. The van der Waals surface area contributed by atoms with E-state index >= 15 is 0 Å². The molecule has 7 nitrogen and oxygen atoms in total. The van der Waals surface area contributed by atoms with Crippen molar-refractivity contribution in [3.63, 3.8) is 0 Å². The van der Waals surface area contributed by atoms with Gasteiger partial charge in [0.15, 0.2) is 0 Å². The van der Waals surface area contributed by atoms with E-state index in [2.05, 4.69) is 16.3 Å². The number of hydrogen-bond acceptors (Lipinski definition) is 5. The molecule has 1 aromatic carbocycles. The number of imide groups is 1. The molecule has 1 unspecified atom stereocenters. The summed E-state index contributed by atoms with van der Waals surface area (Å²) in [5, 5.41) is 2.29. The number of carbonyl (C=O) groups excluding carboxylic acids is 4. The van der Waals surface area contributed by atoms with Crippen LogP contribution in [0.5, 0.6) is 0 Å². The number of rotatable bonds is 5. The highest BCUT2D eigenvalue weighted by atomic mass is 16.2. The van der Waals surface area contributed by atoms with E-state index in [9.17, 15) is 19.2 Å². The van der Waals surface area contributed by atoms with E-state index in [4.69, 9.17) is 0 Å². The standard InChI is InChI=1S/C19H23N3O4/c1-13-10-15(21-8-6-16(24)7-9-21)3-2-14(13)11-22(12-23)17-4-5-18(25)20-19(17)26/h2-3,10,12,17H,4-9,11H2,1H3,(H,20,25,26). The largest absolute Gasteiger partial charge is 0.371 e.